The second-order valence-corrected chi connectivity index (χ2v) is 5.24. The van der Waals surface area contributed by atoms with Crippen molar-refractivity contribution in [2.75, 3.05) is 51.1 Å². The van der Waals surface area contributed by atoms with Crippen LogP contribution in [0.15, 0.2) is 18.5 Å². The Bertz CT molecular complexity index is 441. The van der Waals surface area contributed by atoms with Crippen LogP contribution in [0, 0.1) is 0 Å². The summed E-state index contributed by atoms with van der Waals surface area (Å²) in [5, 5.41) is 6.02. The van der Waals surface area contributed by atoms with Crippen molar-refractivity contribution in [3.8, 4) is 0 Å². The number of carbonyl (C=O) groups is 1. The minimum Gasteiger partial charge on any atom is -0.314 e. The maximum Gasteiger partial charge on any atom is 0.240 e. The molecule has 0 unspecified atom stereocenters. The van der Waals surface area contributed by atoms with Gasteiger partial charge in [0.1, 0.15) is 0 Å². The van der Waals surface area contributed by atoms with E-state index in [-0.39, 0.29) is 5.91 Å². The molecule has 3 rings (SSSR count). The largest absolute Gasteiger partial charge is 0.314 e. The van der Waals surface area contributed by atoms with Gasteiger partial charge in [0.2, 0.25) is 11.9 Å². The molecule has 20 heavy (non-hydrogen) atoms. The predicted molar refractivity (Wildman–Crippen MR) is 75.3 cm³/mol. The van der Waals surface area contributed by atoms with Crippen molar-refractivity contribution < 1.29 is 4.79 Å². The Morgan fingerprint density at radius 3 is 2.55 bits per heavy atom. The first-order valence-corrected chi connectivity index (χ1v) is 7.05. The minimum absolute atomic E-state index is 0.0463. The summed E-state index contributed by atoms with van der Waals surface area (Å²) in [6, 6.07) is 2.42. The van der Waals surface area contributed by atoms with Gasteiger partial charge in [-0.2, -0.15) is 0 Å². The van der Waals surface area contributed by atoms with E-state index in [0.717, 1.165) is 39.3 Å². The van der Waals surface area contributed by atoms with Crippen LogP contribution in [0.5, 0.6) is 0 Å². The van der Waals surface area contributed by atoms with Gasteiger partial charge in [0.05, 0.1) is 6.54 Å². The standard InChI is InChI=1S/C13H20N6O/c20-12(17-13-15-2-1-3-16-13)10-18-4-6-19(7-5-18)11-8-14-9-11/h1-3,11,14H,4-10H2,(H,15,16,17,20). The monoisotopic (exact) mass is 276 g/mol. The van der Waals surface area contributed by atoms with Crippen LogP contribution in [0.4, 0.5) is 5.95 Å². The van der Waals surface area contributed by atoms with E-state index < -0.39 is 0 Å². The Balaban J connectivity index is 1.41. The normalized spacial score (nSPS) is 21.4. The highest BCUT2D eigenvalue weighted by Gasteiger charge is 2.28. The first kappa shape index (κ1) is 13.4. The quantitative estimate of drug-likeness (QED) is 0.735. The third kappa shape index (κ3) is 3.30. The van der Waals surface area contributed by atoms with Crippen LogP contribution in [0.3, 0.4) is 0 Å². The molecule has 1 aromatic heterocycles. The number of nitrogens with zero attached hydrogens (tertiary/aromatic N) is 4. The highest BCUT2D eigenvalue weighted by Crippen LogP contribution is 2.09. The number of aromatic nitrogens is 2. The molecule has 2 fully saturated rings. The van der Waals surface area contributed by atoms with Gasteiger partial charge in [-0.1, -0.05) is 0 Å². The number of carbonyl (C=O) groups excluding carboxylic acids is 1. The molecular weight excluding hydrogens is 256 g/mol. The summed E-state index contributed by atoms with van der Waals surface area (Å²) < 4.78 is 0. The molecule has 0 aromatic carbocycles. The molecule has 0 spiro atoms. The average Bonchev–Trinajstić information content (AvgIpc) is 2.40. The predicted octanol–water partition coefficient (Wildman–Crippen LogP) is -0.995. The molecule has 2 N–H and O–H groups in total. The molecule has 108 valence electrons. The zero-order valence-corrected chi connectivity index (χ0v) is 11.5. The third-order valence-electron chi connectivity index (χ3n) is 3.87. The molecule has 0 saturated carbocycles. The Labute approximate surface area is 118 Å². The number of anilines is 1. The molecule has 2 aliphatic rings. The number of amides is 1. The lowest BCUT2D eigenvalue weighted by molar-refractivity contribution is -0.117. The van der Waals surface area contributed by atoms with E-state index in [9.17, 15) is 4.79 Å². The van der Waals surface area contributed by atoms with Crippen molar-refractivity contribution in [1.29, 1.82) is 0 Å². The number of piperazine rings is 1. The lowest BCUT2D eigenvalue weighted by atomic mass is 10.1. The number of nitrogens with one attached hydrogen (secondary N) is 2. The van der Waals surface area contributed by atoms with Crippen LogP contribution >= 0.6 is 0 Å². The van der Waals surface area contributed by atoms with Crippen molar-refractivity contribution in [3.63, 3.8) is 0 Å². The number of rotatable bonds is 4. The van der Waals surface area contributed by atoms with Crippen LogP contribution in [0.2, 0.25) is 0 Å². The summed E-state index contributed by atoms with van der Waals surface area (Å²) in [5.41, 5.74) is 0. The highest BCUT2D eigenvalue weighted by molar-refractivity contribution is 5.90. The summed E-state index contributed by atoms with van der Waals surface area (Å²) in [4.78, 5) is 24.6. The summed E-state index contributed by atoms with van der Waals surface area (Å²) in [7, 11) is 0. The van der Waals surface area contributed by atoms with Crippen molar-refractivity contribution >= 4 is 11.9 Å². The summed E-state index contributed by atoms with van der Waals surface area (Å²) in [6.45, 7) is 6.59. The zero-order valence-electron chi connectivity index (χ0n) is 11.5. The third-order valence-corrected chi connectivity index (χ3v) is 3.87. The first-order chi connectivity index (χ1) is 9.81. The second kappa shape index (κ2) is 6.25. The van der Waals surface area contributed by atoms with Crippen molar-refractivity contribution in [1.82, 2.24) is 25.1 Å². The molecular formula is C13H20N6O. The maximum atomic E-state index is 11.9. The van der Waals surface area contributed by atoms with Gasteiger partial charge in [0, 0.05) is 57.7 Å². The van der Waals surface area contributed by atoms with Gasteiger partial charge in [0.25, 0.3) is 0 Å². The molecule has 0 bridgehead atoms. The van der Waals surface area contributed by atoms with Crippen molar-refractivity contribution in [3.05, 3.63) is 18.5 Å². The minimum atomic E-state index is -0.0463. The first-order valence-electron chi connectivity index (χ1n) is 7.05. The van der Waals surface area contributed by atoms with Crippen LogP contribution in [-0.2, 0) is 4.79 Å². The maximum absolute atomic E-state index is 11.9. The SMILES string of the molecule is O=C(CN1CCN(C2CNC2)CC1)Nc1ncccn1. The van der Waals surface area contributed by atoms with Crippen molar-refractivity contribution in [2.45, 2.75) is 6.04 Å². The van der Waals surface area contributed by atoms with E-state index in [4.69, 9.17) is 0 Å². The molecule has 1 amide bonds. The molecule has 3 heterocycles. The number of hydrogen-bond acceptors (Lipinski definition) is 6. The van der Waals surface area contributed by atoms with E-state index in [1.165, 1.54) is 0 Å². The van der Waals surface area contributed by atoms with Crippen molar-refractivity contribution in [2.24, 2.45) is 0 Å². The van der Waals surface area contributed by atoms with Crippen LogP contribution in [-0.4, -0.2) is 77.5 Å². The van der Waals surface area contributed by atoms with E-state index in [1.807, 2.05) is 0 Å². The topological polar surface area (TPSA) is 73.4 Å². The van der Waals surface area contributed by atoms with Crippen LogP contribution < -0.4 is 10.6 Å². The van der Waals surface area contributed by atoms with Gasteiger partial charge in [-0.05, 0) is 6.07 Å². The fourth-order valence-electron chi connectivity index (χ4n) is 2.55. The molecule has 1 aromatic rings. The Morgan fingerprint density at radius 2 is 1.95 bits per heavy atom. The average molecular weight is 276 g/mol. The number of hydrogen-bond donors (Lipinski definition) is 2. The molecule has 2 aliphatic heterocycles. The second-order valence-electron chi connectivity index (χ2n) is 5.24. The zero-order chi connectivity index (χ0) is 13.8. The van der Waals surface area contributed by atoms with Crippen LogP contribution in [0.25, 0.3) is 0 Å². The Hall–Kier alpha value is -1.57. The molecule has 0 aliphatic carbocycles. The Morgan fingerprint density at radius 1 is 1.25 bits per heavy atom. The molecule has 0 atom stereocenters. The smallest absolute Gasteiger partial charge is 0.240 e. The molecule has 0 radical (unpaired) electrons. The summed E-state index contributed by atoms with van der Waals surface area (Å²) in [5.74, 6) is 0.326. The fourth-order valence-corrected chi connectivity index (χ4v) is 2.55. The molecule has 7 heteroatoms. The summed E-state index contributed by atoms with van der Waals surface area (Å²) >= 11 is 0. The van der Waals surface area contributed by atoms with Crippen LogP contribution in [0.1, 0.15) is 0 Å². The Kier molecular flexibility index (Phi) is 4.19. The van der Waals surface area contributed by atoms with Gasteiger partial charge in [-0.15, -0.1) is 0 Å². The van der Waals surface area contributed by atoms with Gasteiger partial charge >= 0.3 is 0 Å². The molecule has 7 nitrogen and oxygen atoms in total. The van der Waals surface area contributed by atoms with Gasteiger partial charge in [0.15, 0.2) is 0 Å². The van der Waals surface area contributed by atoms with Gasteiger partial charge in [-0.25, -0.2) is 9.97 Å². The molecule has 2 saturated heterocycles. The lowest BCUT2D eigenvalue weighted by Gasteiger charge is -2.43. The fraction of sp³-hybridized carbons (Fsp3) is 0.615. The van der Waals surface area contributed by atoms with E-state index in [2.05, 4.69) is 30.4 Å². The van der Waals surface area contributed by atoms with E-state index >= 15 is 0 Å². The lowest BCUT2D eigenvalue weighted by Crippen LogP contribution is -2.61. The van der Waals surface area contributed by atoms with Gasteiger partial charge in [-0.3, -0.25) is 19.9 Å². The van der Waals surface area contributed by atoms with E-state index in [1.54, 1.807) is 18.5 Å². The van der Waals surface area contributed by atoms with E-state index in [0.29, 0.717) is 18.5 Å². The van der Waals surface area contributed by atoms with Gasteiger partial charge < -0.3 is 5.32 Å². The summed E-state index contributed by atoms with van der Waals surface area (Å²) in [6.07, 6.45) is 3.24. The highest BCUT2D eigenvalue weighted by atomic mass is 16.2.